The van der Waals surface area contributed by atoms with Crippen LogP contribution in [0.5, 0.6) is 0 Å². The number of halogens is 3. The smallest absolute Gasteiger partial charge is 0.123 e. The highest BCUT2D eigenvalue weighted by Crippen LogP contribution is 2.27. The second kappa shape index (κ2) is 6.01. The second-order valence-electron chi connectivity index (χ2n) is 4.50. The number of alkyl halides is 1. The van der Waals surface area contributed by atoms with Gasteiger partial charge >= 0.3 is 0 Å². The molecule has 1 unspecified atom stereocenters. The van der Waals surface area contributed by atoms with Crippen LogP contribution in [0.1, 0.15) is 31.2 Å². The van der Waals surface area contributed by atoms with E-state index in [4.69, 9.17) is 11.6 Å². The Morgan fingerprint density at radius 3 is 3.00 bits per heavy atom. The van der Waals surface area contributed by atoms with Crippen molar-refractivity contribution in [1.82, 2.24) is 0 Å². The molecule has 0 heterocycles. The maximum Gasteiger partial charge on any atom is 0.123 e. The predicted molar refractivity (Wildman–Crippen MR) is 74.0 cm³/mol. The minimum absolute atomic E-state index is 0.139. The molecule has 0 radical (unpaired) electrons. The van der Waals surface area contributed by atoms with E-state index in [1.807, 2.05) is 0 Å². The Morgan fingerprint density at radius 2 is 2.18 bits per heavy atom. The monoisotopic (exact) mass is 316 g/mol. The van der Waals surface area contributed by atoms with E-state index < -0.39 is 0 Å². The Labute approximate surface area is 115 Å². The molecule has 3 heteroatoms. The van der Waals surface area contributed by atoms with E-state index in [2.05, 4.69) is 22.0 Å². The second-order valence-corrected chi connectivity index (χ2v) is 5.91. The quantitative estimate of drug-likeness (QED) is 0.517. The van der Waals surface area contributed by atoms with E-state index >= 15 is 0 Å². The fourth-order valence-electron chi connectivity index (χ4n) is 2.18. The van der Waals surface area contributed by atoms with E-state index in [-0.39, 0.29) is 11.2 Å². The minimum Gasteiger partial charge on any atom is -0.207 e. The van der Waals surface area contributed by atoms with Crippen LogP contribution in [0.15, 0.2) is 34.3 Å². The first-order valence-corrected chi connectivity index (χ1v) is 7.15. The molecule has 0 N–H and O–H groups in total. The van der Waals surface area contributed by atoms with Crippen LogP contribution in [0.25, 0.3) is 0 Å². The lowest BCUT2D eigenvalue weighted by Gasteiger charge is -2.08. The van der Waals surface area contributed by atoms with Crippen molar-refractivity contribution < 1.29 is 4.39 Å². The van der Waals surface area contributed by atoms with Gasteiger partial charge in [-0.05, 0) is 49.4 Å². The number of hydrogen-bond acceptors (Lipinski definition) is 0. The third kappa shape index (κ3) is 3.82. The summed E-state index contributed by atoms with van der Waals surface area (Å²) in [6, 6.07) is 4.83. The van der Waals surface area contributed by atoms with Crippen molar-refractivity contribution in [1.29, 1.82) is 0 Å². The molecule has 2 rings (SSSR count). The predicted octanol–water partition coefficient (Wildman–Crippen LogP) is 5.24. The highest BCUT2D eigenvalue weighted by molar-refractivity contribution is 9.10. The molecule has 0 bridgehead atoms. The Morgan fingerprint density at radius 1 is 1.35 bits per heavy atom. The molecule has 0 nitrogen and oxygen atoms in total. The molecule has 0 aliphatic heterocycles. The third-order valence-electron chi connectivity index (χ3n) is 3.07. The third-order valence-corrected chi connectivity index (χ3v) is 4.19. The minimum atomic E-state index is -0.181. The van der Waals surface area contributed by atoms with Gasteiger partial charge in [0.1, 0.15) is 5.82 Å². The maximum absolute atomic E-state index is 13.2. The van der Waals surface area contributed by atoms with E-state index in [0.717, 1.165) is 29.3 Å². The fraction of sp³-hybridized carbons (Fsp3) is 0.429. The normalized spacial score (nSPS) is 20.9. The first-order chi connectivity index (χ1) is 8.15. The molecule has 1 aliphatic rings. The van der Waals surface area contributed by atoms with Gasteiger partial charge in [-0.15, -0.1) is 11.6 Å². The van der Waals surface area contributed by atoms with Crippen molar-refractivity contribution >= 4 is 27.5 Å². The number of rotatable bonds is 2. The summed E-state index contributed by atoms with van der Waals surface area (Å²) in [6.45, 7) is 0. The van der Waals surface area contributed by atoms with E-state index in [9.17, 15) is 4.39 Å². The van der Waals surface area contributed by atoms with Gasteiger partial charge in [0.15, 0.2) is 0 Å². The van der Waals surface area contributed by atoms with Gasteiger partial charge in [-0.2, -0.15) is 0 Å². The fourth-order valence-corrected chi connectivity index (χ4v) is 2.90. The largest absolute Gasteiger partial charge is 0.207 e. The van der Waals surface area contributed by atoms with Crippen molar-refractivity contribution in [2.75, 3.05) is 0 Å². The molecule has 0 spiro atoms. The molecule has 0 amide bonds. The highest BCUT2D eigenvalue weighted by Gasteiger charge is 2.11. The Bertz CT molecular complexity index is 428. The number of allylic oxidation sites excluding steroid dienone is 2. The lowest BCUT2D eigenvalue weighted by Crippen LogP contribution is -1.96. The Balaban J connectivity index is 2.16. The van der Waals surface area contributed by atoms with Crippen LogP contribution in [0.3, 0.4) is 0 Å². The molecule has 17 heavy (non-hydrogen) atoms. The molecule has 1 atom stereocenters. The van der Waals surface area contributed by atoms with Crippen LogP contribution in [0.4, 0.5) is 4.39 Å². The van der Waals surface area contributed by atoms with Gasteiger partial charge in [-0.3, -0.25) is 0 Å². The van der Waals surface area contributed by atoms with Gasteiger partial charge < -0.3 is 0 Å². The summed E-state index contributed by atoms with van der Waals surface area (Å²) in [6.07, 6.45) is 7.43. The van der Waals surface area contributed by atoms with E-state index in [0.29, 0.717) is 0 Å². The van der Waals surface area contributed by atoms with Gasteiger partial charge in [-0.1, -0.05) is 34.0 Å². The van der Waals surface area contributed by atoms with Gasteiger partial charge in [0.25, 0.3) is 0 Å². The zero-order valence-corrected chi connectivity index (χ0v) is 11.9. The first kappa shape index (κ1) is 13.1. The summed E-state index contributed by atoms with van der Waals surface area (Å²) in [5.74, 6) is -0.181. The van der Waals surface area contributed by atoms with Gasteiger partial charge in [0.05, 0.1) is 5.38 Å². The summed E-state index contributed by atoms with van der Waals surface area (Å²) in [4.78, 5) is 0. The van der Waals surface area contributed by atoms with Gasteiger partial charge in [0.2, 0.25) is 0 Å². The Hall–Kier alpha value is -0.340. The Kier molecular flexibility index (Phi) is 4.63. The number of hydrogen-bond donors (Lipinski definition) is 0. The summed E-state index contributed by atoms with van der Waals surface area (Å²) in [7, 11) is 0. The average Bonchev–Trinajstić information content (AvgIpc) is 2.48. The summed E-state index contributed by atoms with van der Waals surface area (Å²) >= 11 is 9.66. The average molecular weight is 318 g/mol. The van der Waals surface area contributed by atoms with Crippen molar-refractivity contribution in [2.24, 2.45) is 0 Å². The van der Waals surface area contributed by atoms with Gasteiger partial charge in [-0.25, -0.2) is 4.39 Å². The lowest BCUT2D eigenvalue weighted by molar-refractivity contribution is 0.625. The summed E-state index contributed by atoms with van der Waals surface area (Å²) < 4.78 is 14.2. The summed E-state index contributed by atoms with van der Waals surface area (Å²) in [5, 5.41) is 0.139. The topological polar surface area (TPSA) is 0 Å². The molecule has 1 aromatic carbocycles. The zero-order chi connectivity index (χ0) is 12.3. The molecule has 1 aromatic rings. The first-order valence-electron chi connectivity index (χ1n) is 5.93. The SMILES string of the molecule is Fc1ccc(Br)c(CC2=CC(Cl)CCCC2)c1. The van der Waals surface area contributed by atoms with Gasteiger partial charge in [0, 0.05) is 4.47 Å². The standard InChI is InChI=1S/C14H15BrClF/c15-14-6-5-13(17)9-11(14)7-10-3-1-2-4-12(16)8-10/h5-6,8-9,12H,1-4,7H2. The molecule has 92 valence electrons. The maximum atomic E-state index is 13.2. The van der Waals surface area contributed by atoms with Crippen LogP contribution < -0.4 is 0 Å². The lowest BCUT2D eigenvalue weighted by atomic mass is 10.0. The van der Waals surface area contributed by atoms with E-state index in [1.54, 1.807) is 12.1 Å². The van der Waals surface area contributed by atoms with Crippen molar-refractivity contribution in [3.8, 4) is 0 Å². The highest BCUT2D eigenvalue weighted by atomic mass is 79.9. The van der Waals surface area contributed by atoms with Crippen LogP contribution in [0, 0.1) is 5.82 Å². The summed E-state index contributed by atoms with van der Waals surface area (Å²) in [5.41, 5.74) is 2.33. The van der Waals surface area contributed by atoms with Crippen molar-refractivity contribution in [3.05, 3.63) is 45.7 Å². The van der Waals surface area contributed by atoms with Crippen LogP contribution in [-0.2, 0) is 6.42 Å². The van der Waals surface area contributed by atoms with Crippen LogP contribution >= 0.6 is 27.5 Å². The molecule has 0 saturated heterocycles. The zero-order valence-electron chi connectivity index (χ0n) is 9.56. The van der Waals surface area contributed by atoms with Crippen molar-refractivity contribution in [3.63, 3.8) is 0 Å². The molecule has 0 aromatic heterocycles. The molecule has 0 fully saturated rings. The molecular weight excluding hydrogens is 303 g/mol. The van der Waals surface area contributed by atoms with Crippen molar-refractivity contribution in [2.45, 2.75) is 37.5 Å². The molecule has 1 aliphatic carbocycles. The molecule has 0 saturated carbocycles. The molecular formula is C14H15BrClF. The van der Waals surface area contributed by atoms with Crippen LogP contribution in [-0.4, -0.2) is 5.38 Å². The van der Waals surface area contributed by atoms with E-state index in [1.165, 1.54) is 24.5 Å². The number of benzene rings is 1. The van der Waals surface area contributed by atoms with Crippen LogP contribution in [0.2, 0.25) is 0 Å².